The summed E-state index contributed by atoms with van der Waals surface area (Å²) in [5.74, 6) is 0.915. The molecule has 4 aromatic rings. The van der Waals surface area contributed by atoms with E-state index in [1.807, 2.05) is 24.3 Å². The topological polar surface area (TPSA) is 51.8 Å². The molecule has 0 N–H and O–H groups in total. The Morgan fingerprint density at radius 3 is 2.76 bits per heavy atom. The van der Waals surface area contributed by atoms with Crippen molar-refractivity contribution in [2.75, 3.05) is 6.54 Å². The van der Waals surface area contributed by atoms with Crippen molar-refractivity contribution in [1.82, 2.24) is 29.2 Å². The number of hydrogen-bond donors (Lipinski definition) is 0. The zero-order valence-electron chi connectivity index (χ0n) is 18.4. The zero-order valence-corrected chi connectivity index (χ0v) is 19.9. The fourth-order valence-corrected chi connectivity index (χ4v) is 5.74. The summed E-state index contributed by atoms with van der Waals surface area (Å²) in [6, 6.07) is 12.8. The number of imidazole rings is 1. The van der Waals surface area contributed by atoms with Crippen LogP contribution in [0.15, 0.2) is 49.1 Å². The maximum Gasteiger partial charge on any atom is 0.141 e. The van der Waals surface area contributed by atoms with E-state index < -0.39 is 0 Å². The van der Waals surface area contributed by atoms with Gasteiger partial charge in [0.1, 0.15) is 18.5 Å². The van der Waals surface area contributed by atoms with E-state index in [0.717, 1.165) is 60.1 Å². The van der Waals surface area contributed by atoms with Crippen LogP contribution in [0.1, 0.15) is 28.9 Å². The molecule has 1 unspecified atom stereocenters. The first-order chi connectivity index (χ1) is 16.1. The number of benzene rings is 2. The van der Waals surface area contributed by atoms with Gasteiger partial charge in [-0.15, -0.1) is 0 Å². The minimum absolute atomic E-state index is 0.528. The van der Waals surface area contributed by atoms with Crippen LogP contribution in [0, 0.1) is 0 Å². The van der Waals surface area contributed by atoms with E-state index in [9.17, 15) is 0 Å². The van der Waals surface area contributed by atoms with E-state index in [4.69, 9.17) is 28.2 Å². The fraction of sp³-hybridized carbons (Fsp3) is 0.320. The van der Waals surface area contributed by atoms with Crippen molar-refractivity contribution in [2.45, 2.75) is 38.3 Å². The van der Waals surface area contributed by atoms with E-state index in [0.29, 0.717) is 11.1 Å². The van der Waals surface area contributed by atoms with Crippen LogP contribution >= 0.6 is 23.2 Å². The predicted octanol–water partition coefficient (Wildman–Crippen LogP) is 4.89. The molecule has 0 radical (unpaired) electrons. The highest BCUT2D eigenvalue weighted by molar-refractivity contribution is 6.33. The number of rotatable bonds is 3. The number of hydrogen-bond acceptors (Lipinski definition) is 4. The second-order valence-corrected chi connectivity index (χ2v) is 9.77. The molecule has 33 heavy (non-hydrogen) atoms. The van der Waals surface area contributed by atoms with Crippen molar-refractivity contribution < 1.29 is 0 Å². The van der Waals surface area contributed by atoms with Gasteiger partial charge >= 0.3 is 0 Å². The Labute approximate surface area is 202 Å². The molecule has 2 aromatic carbocycles. The molecule has 0 saturated carbocycles. The van der Waals surface area contributed by atoms with E-state index in [2.05, 4.69) is 38.7 Å². The van der Waals surface area contributed by atoms with Gasteiger partial charge in [0.2, 0.25) is 0 Å². The summed E-state index contributed by atoms with van der Waals surface area (Å²) in [5.41, 5.74) is 7.11. The van der Waals surface area contributed by atoms with Crippen molar-refractivity contribution in [1.29, 1.82) is 0 Å². The largest absolute Gasteiger partial charge is 0.331 e. The molecule has 168 valence electrons. The number of halogens is 2. The number of aryl methyl sites for hydroxylation is 1. The minimum Gasteiger partial charge on any atom is -0.331 e. The summed E-state index contributed by atoms with van der Waals surface area (Å²) in [5, 5.41) is 5.67. The molecule has 0 spiro atoms. The summed E-state index contributed by atoms with van der Waals surface area (Å²) in [6.45, 7) is 1.92. The summed E-state index contributed by atoms with van der Waals surface area (Å²) in [6.07, 6.45) is 7.52. The van der Waals surface area contributed by atoms with E-state index in [1.165, 1.54) is 29.6 Å². The van der Waals surface area contributed by atoms with Crippen LogP contribution in [0.4, 0.5) is 0 Å². The van der Waals surface area contributed by atoms with Crippen molar-refractivity contribution in [3.8, 4) is 17.1 Å². The van der Waals surface area contributed by atoms with Gasteiger partial charge in [0.25, 0.3) is 0 Å². The lowest BCUT2D eigenvalue weighted by atomic mass is 9.87. The maximum atomic E-state index is 6.69. The Balaban J connectivity index is 1.26. The highest BCUT2D eigenvalue weighted by Gasteiger charge is 2.30. The van der Waals surface area contributed by atoms with Crippen LogP contribution in [0.5, 0.6) is 0 Å². The van der Waals surface area contributed by atoms with E-state index in [1.54, 1.807) is 11.0 Å². The maximum absolute atomic E-state index is 6.69. The lowest BCUT2D eigenvalue weighted by Gasteiger charge is -2.37. The molecule has 0 saturated heterocycles. The van der Waals surface area contributed by atoms with Crippen LogP contribution in [0.25, 0.3) is 17.1 Å². The minimum atomic E-state index is 0.528. The van der Waals surface area contributed by atoms with Crippen molar-refractivity contribution >= 4 is 23.2 Å². The molecule has 6 rings (SSSR count). The van der Waals surface area contributed by atoms with Crippen LogP contribution in [0.2, 0.25) is 10.0 Å². The average Bonchev–Trinajstić information content (AvgIpc) is 3.47. The highest BCUT2D eigenvalue weighted by atomic mass is 35.5. The molecule has 3 heterocycles. The molecule has 2 aromatic heterocycles. The van der Waals surface area contributed by atoms with Crippen molar-refractivity contribution in [3.63, 3.8) is 0 Å². The third kappa shape index (κ3) is 3.76. The monoisotopic (exact) mass is 478 g/mol. The van der Waals surface area contributed by atoms with Gasteiger partial charge in [-0.2, -0.15) is 5.10 Å². The Kier molecular flexibility index (Phi) is 5.24. The number of fused-ring (bicyclic) bond motifs is 2. The second-order valence-electron chi connectivity index (χ2n) is 8.92. The molecule has 8 heteroatoms. The van der Waals surface area contributed by atoms with Gasteiger partial charge in [-0.05, 0) is 60.7 Å². The molecule has 2 aliphatic rings. The van der Waals surface area contributed by atoms with Gasteiger partial charge in [0.05, 0.1) is 16.4 Å². The average molecular weight is 479 g/mol. The quantitative estimate of drug-likeness (QED) is 0.420. The van der Waals surface area contributed by atoms with Gasteiger partial charge in [-0.3, -0.25) is 4.90 Å². The first-order valence-corrected chi connectivity index (χ1v) is 12.0. The summed E-state index contributed by atoms with van der Waals surface area (Å²) >= 11 is 13.0. The normalized spacial score (nSPS) is 18.2. The molecular formula is C25H24Cl2N6. The zero-order chi connectivity index (χ0) is 22.5. The molecule has 1 aliphatic carbocycles. The predicted molar refractivity (Wildman–Crippen MR) is 130 cm³/mol. The number of aromatic nitrogens is 5. The summed E-state index contributed by atoms with van der Waals surface area (Å²) < 4.78 is 3.91. The van der Waals surface area contributed by atoms with Crippen molar-refractivity contribution in [2.24, 2.45) is 7.05 Å². The van der Waals surface area contributed by atoms with Crippen LogP contribution in [-0.4, -0.2) is 41.8 Å². The van der Waals surface area contributed by atoms with E-state index >= 15 is 0 Å². The van der Waals surface area contributed by atoms with Gasteiger partial charge in [0.15, 0.2) is 0 Å². The SMILES string of the molecule is Cn1c(-c2ccc(-n3cncn3)cc2Cl)nc2c1CCN(C1CCc3ccc(Cl)cc3C1)C2. The second kappa shape index (κ2) is 8.28. The first-order valence-electron chi connectivity index (χ1n) is 11.3. The van der Waals surface area contributed by atoms with Gasteiger partial charge in [-0.25, -0.2) is 14.6 Å². The molecule has 1 aliphatic heterocycles. The molecule has 0 bridgehead atoms. The van der Waals surface area contributed by atoms with Crippen LogP contribution in [-0.2, 0) is 32.9 Å². The molecule has 0 amide bonds. The Hall–Kier alpha value is -2.67. The highest BCUT2D eigenvalue weighted by Crippen LogP contribution is 2.34. The van der Waals surface area contributed by atoms with Crippen LogP contribution in [0.3, 0.4) is 0 Å². The Morgan fingerprint density at radius 2 is 1.94 bits per heavy atom. The van der Waals surface area contributed by atoms with Crippen molar-refractivity contribution in [3.05, 3.63) is 81.6 Å². The Morgan fingerprint density at radius 1 is 1.03 bits per heavy atom. The van der Waals surface area contributed by atoms with Gasteiger partial charge in [0, 0.05) is 48.9 Å². The lowest BCUT2D eigenvalue weighted by molar-refractivity contribution is 0.160. The number of nitrogens with zero attached hydrogens (tertiary/aromatic N) is 6. The third-order valence-electron chi connectivity index (χ3n) is 7.05. The molecule has 1 atom stereocenters. The fourth-order valence-electron chi connectivity index (χ4n) is 5.29. The van der Waals surface area contributed by atoms with Gasteiger partial charge in [-0.1, -0.05) is 29.3 Å². The first kappa shape index (κ1) is 20.9. The van der Waals surface area contributed by atoms with E-state index in [-0.39, 0.29) is 0 Å². The standard InChI is InChI=1S/C25H24Cl2N6/c1-31-24-8-9-32(19-5-3-16-2-4-18(26)10-17(16)11-19)13-23(24)30-25(31)21-7-6-20(12-22(21)27)33-15-28-14-29-33/h2,4,6-7,10,12,14-15,19H,3,5,8-9,11,13H2,1H3. The molecule has 6 nitrogen and oxygen atoms in total. The summed E-state index contributed by atoms with van der Waals surface area (Å²) in [7, 11) is 2.09. The smallest absolute Gasteiger partial charge is 0.141 e. The summed E-state index contributed by atoms with van der Waals surface area (Å²) in [4.78, 5) is 11.7. The van der Waals surface area contributed by atoms with Crippen LogP contribution < -0.4 is 0 Å². The lowest BCUT2D eigenvalue weighted by Crippen LogP contribution is -2.42. The molecule has 0 fully saturated rings. The third-order valence-corrected chi connectivity index (χ3v) is 7.60. The molecular weight excluding hydrogens is 455 g/mol. The Bertz CT molecular complexity index is 1330. The van der Waals surface area contributed by atoms with Gasteiger partial charge < -0.3 is 4.57 Å².